The van der Waals surface area contributed by atoms with Crippen LogP contribution in [-0.2, 0) is 0 Å². The van der Waals surface area contributed by atoms with Crippen LogP contribution in [0.25, 0.3) is 0 Å². The number of rotatable bonds is 9. The number of nitrogens with one attached hydrogen (secondary N) is 2. The third-order valence-electron chi connectivity index (χ3n) is 4.43. The summed E-state index contributed by atoms with van der Waals surface area (Å²) >= 11 is 3.46. The van der Waals surface area contributed by atoms with Crippen molar-refractivity contribution >= 4 is 23.5 Å². The number of hydrazine groups is 1. The molecule has 0 aromatic rings. The van der Waals surface area contributed by atoms with E-state index in [9.17, 15) is 10.5 Å². The molecule has 0 aromatic heterocycles. The molecule has 0 aromatic carbocycles. The van der Waals surface area contributed by atoms with Gasteiger partial charge in [0.1, 0.15) is 11.1 Å². The number of thioether (sulfide) groups is 2. The summed E-state index contributed by atoms with van der Waals surface area (Å²) < 4.78 is -0.580. The van der Waals surface area contributed by atoms with Gasteiger partial charge in [-0.25, -0.2) is 10.9 Å². The van der Waals surface area contributed by atoms with Crippen LogP contribution in [0, 0.1) is 22.7 Å². The highest BCUT2D eigenvalue weighted by atomic mass is 32.2. The molecule has 0 spiro atoms. The summed E-state index contributed by atoms with van der Waals surface area (Å²) in [4.78, 5) is 0. The zero-order valence-corrected chi connectivity index (χ0v) is 16.8. The van der Waals surface area contributed by atoms with Crippen LogP contribution in [0.15, 0.2) is 0 Å². The van der Waals surface area contributed by atoms with E-state index in [0.717, 1.165) is 11.5 Å². The van der Waals surface area contributed by atoms with Gasteiger partial charge in [-0.05, 0) is 53.0 Å². The molecule has 0 aliphatic heterocycles. The zero-order chi connectivity index (χ0) is 17.7. The third kappa shape index (κ3) is 4.55. The van der Waals surface area contributed by atoms with E-state index in [4.69, 9.17) is 0 Å². The molecule has 0 aliphatic carbocycles. The molecule has 0 amide bonds. The molecule has 0 fully saturated rings. The molecule has 0 aliphatic rings. The van der Waals surface area contributed by atoms with Crippen LogP contribution in [0.5, 0.6) is 0 Å². The van der Waals surface area contributed by atoms with Crippen molar-refractivity contribution < 1.29 is 0 Å². The van der Waals surface area contributed by atoms with Crippen molar-refractivity contribution in [2.75, 3.05) is 11.5 Å². The molecule has 2 atom stereocenters. The molecule has 4 nitrogen and oxygen atoms in total. The zero-order valence-electron chi connectivity index (χ0n) is 15.1. The van der Waals surface area contributed by atoms with E-state index in [0.29, 0.717) is 0 Å². The Balaban J connectivity index is 5.31. The Morgan fingerprint density at radius 2 is 1.00 bits per heavy atom. The Morgan fingerprint density at radius 1 is 0.727 bits per heavy atom. The molecule has 0 bridgehead atoms. The molecular weight excluding hydrogens is 312 g/mol. The fraction of sp³-hybridized carbons (Fsp3) is 0.875. The molecule has 6 heteroatoms. The molecular formula is C16H30N4S2. The maximum absolute atomic E-state index is 9.67. The predicted octanol–water partition coefficient (Wildman–Crippen LogP) is 3.71. The van der Waals surface area contributed by atoms with Crippen LogP contribution in [0.1, 0.15) is 55.4 Å². The quantitative estimate of drug-likeness (QED) is 0.622. The first-order chi connectivity index (χ1) is 9.95. The SMILES string of the molecule is CCSC(C)(C)C(C)(C#N)NNC(C)(C#N)C(C)(C)SCC. The Hall–Kier alpha value is -0.400. The van der Waals surface area contributed by atoms with E-state index in [-0.39, 0.29) is 9.49 Å². The fourth-order valence-electron chi connectivity index (χ4n) is 1.89. The summed E-state index contributed by atoms with van der Waals surface area (Å²) in [6.07, 6.45) is 0. The first-order valence-corrected chi connectivity index (χ1v) is 9.57. The first-order valence-electron chi connectivity index (χ1n) is 7.60. The molecule has 0 saturated heterocycles. The third-order valence-corrected chi connectivity index (χ3v) is 7.27. The van der Waals surface area contributed by atoms with Gasteiger partial charge in [0.25, 0.3) is 0 Å². The van der Waals surface area contributed by atoms with Crippen LogP contribution in [0.3, 0.4) is 0 Å². The molecule has 126 valence electrons. The first kappa shape index (κ1) is 21.6. The highest BCUT2D eigenvalue weighted by Gasteiger charge is 2.46. The van der Waals surface area contributed by atoms with Crippen LogP contribution < -0.4 is 10.9 Å². The van der Waals surface area contributed by atoms with Crippen molar-refractivity contribution in [1.29, 1.82) is 10.5 Å². The van der Waals surface area contributed by atoms with Gasteiger partial charge in [-0.1, -0.05) is 13.8 Å². The van der Waals surface area contributed by atoms with E-state index in [1.54, 1.807) is 23.5 Å². The number of nitriles is 2. The van der Waals surface area contributed by atoms with Gasteiger partial charge in [0.15, 0.2) is 0 Å². The molecule has 2 unspecified atom stereocenters. The molecule has 0 radical (unpaired) electrons. The Bertz CT molecular complexity index is 408. The second kappa shape index (κ2) is 7.93. The normalized spacial score (nSPS) is 17.9. The minimum Gasteiger partial charge on any atom is -0.235 e. The summed E-state index contributed by atoms with van der Waals surface area (Å²) in [5.74, 6) is 1.86. The highest BCUT2D eigenvalue weighted by molar-refractivity contribution is 8.00. The number of hydrogen-bond acceptors (Lipinski definition) is 6. The van der Waals surface area contributed by atoms with Crippen LogP contribution in [-0.4, -0.2) is 32.1 Å². The van der Waals surface area contributed by atoms with Gasteiger partial charge in [0.05, 0.1) is 12.1 Å². The fourth-order valence-corrected chi connectivity index (χ4v) is 4.10. The van der Waals surface area contributed by atoms with E-state index in [2.05, 4.69) is 64.5 Å². The average molecular weight is 343 g/mol. The van der Waals surface area contributed by atoms with Crippen LogP contribution >= 0.6 is 23.5 Å². The molecule has 2 N–H and O–H groups in total. The average Bonchev–Trinajstić information content (AvgIpc) is 2.43. The number of nitrogens with zero attached hydrogens (tertiary/aromatic N) is 2. The van der Waals surface area contributed by atoms with Gasteiger partial charge < -0.3 is 0 Å². The lowest BCUT2D eigenvalue weighted by molar-refractivity contribution is 0.242. The topological polar surface area (TPSA) is 71.6 Å². The summed E-state index contributed by atoms with van der Waals surface area (Å²) in [5.41, 5.74) is 4.73. The van der Waals surface area contributed by atoms with Gasteiger partial charge in [0.2, 0.25) is 0 Å². The Kier molecular flexibility index (Phi) is 7.78. The van der Waals surface area contributed by atoms with Crippen molar-refractivity contribution in [1.82, 2.24) is 10.9 Å². The molecule has 0 saturated carbocycles. The molecule has 0 rings (SSSR count). The minimum atomic E-state index is -0.793. The monoisotopic (exact) mass is 342 g/mol. The number of hydrogen-bond donors (Lipinski definition) is 2. The Labute approximate surface area is 144 Å². The van der Waals surface area contributed by atoms with Gasteiger partial charge in [-0.15, -0.1) is 0 Å². The highest BCUT2D eigenvalue weighted by Crippen LogP contribution is 2.37. The van der Waals surface area contributed by atoms with Crippen molar-refractivity contribution in [3.8, 4) is 12.1 Å². The molecule has 0 heterocycles. The summed E-state index contributed by atoms with van der Waals surface area (Å²) in [6, 6.07) is 4.75. The lowest BCUT2D eigenvalue weighted by atomic mass is 9.87. The maximum atomic E-state index is 9.67. The van der Waals surface area contributed by atoms with E-state index in [1.165, 1.54) is 0 Å². The van der Waals surface area contributed by atoms with Gasteiger partial charge in [-0.3, -0.25) is 0 Å². The van der Waals surface area contributed by atoms with E-state index >= 15 is 0 Å². The summed E-state index contributed by atoms with van der Waals surface area (Å²) in [5, 5.41) is 19.3. The van der Waals surface area contributed by atoms with Gasteiger partial charge in [0, 0.05) is 9.49 Å². The minimum absolute atomic E-state index is 0.290. The van der Waals surface area contributed by atoms with Crippen LogP contribution in [0.4, 0.5) is 0 Å². The maximum Gasteiger partial charge on any atom is 0.130 e. The van der Waals surface area contributed by atoms with E-state index < -0.39 is 11.1 Å². The predicted molar refractivity (Wildman–Crippen MR) is 98.7 cm³/mol. The second-order valence-corrected chi connectivity index (χ2v) is 10.4. The van der Waals surface area contributed by atoms with Gasteiger partial charge in [-0.2, -0.15) is 34.0 Å². The van der Waals surface area contributed by atoms with Crippen molar-refractivity contribution in [3.63, 3.8) is 0 Å². The lowest BCUT2D eigenvalue weighted by Gasteiger charge is -2.44. The second-order valence-electron chi connectivity index (χ2n) is 6.61. The Morgan fingerprint density at radius 3 is 1.18 bits per heavy atom. The largest absolute Gasteiger partial charge is 0.235 e. The van der Waals surface area contributed by atoms with Crippen molar-refractivity contribution in [2.45, 2.75) is 76.0 Å². The van der Waals surface area contributed by atoms with Gasteiger partial charge >= 0.3 is 0 Å². The smallest absolute Gasteiger partial charge is 0.130 e. The standard InChI is InChI=1S/C16H30N4S2/c1-9-21-13(3,4)15(7,11-17)19-20-16(8,12-18)14(5,6)22-10-2/h19-20H,9-10H2,1-8H3. The van der Waals surface area contributed by atoms with Crippen molar-refractivity contribution in [2.24, 2.45) is 0 Å². The lowest BCUT2D eigenvalue weighted by Crippen LogP contribution is -2.68. The van der Waals surface area contributed by atoms with E-state index in [1.807, 2.05) is 13.8 Å². The molecule has 22 heavy (non-hydrogen) atoms. The summed E-state index contributed by atoms with van der Waals surface area (Å²) in [7, 11) is 0. The van der Waals surface area contributed by atoms with Crippen LogP contribution in [0.2, 0.25) is 0 Å². The van der Waals surface area contributed by atoms with Crippen molar-refractivity contribution in [3.05, 3.63) is 0 Å². The summed E-state index contributed by atoms with van der Waals surface area (Å²) in [6.45, 7) is 16.1.